The molecule has 2 rings (SSSR count). The van der Waals surface area contributed by atoms with E-state index in [4.69, 9.17) is 0 Å². The fraction of sp³-hybridized carbons (Fsp3) is 0.429. The molecule has 90 valence electrons. The lowest BCUT2D eigenvalue weighted by Crippen LogP contribution is -2.40. The van der Waals surface area contributed by atoms with E-state index in [9.17, 15) is 9.59 Å². The molecule has 1 saturated heterocycles. The van der Waals surface area contributed by atoms with E-state index in [0.717, 1.165) is 19.4 Å². The zero-order chi connectivity index (χ0) is 12.1. The number of ketones is 1. The van der Waals surface area contributed by atoms with Crippen LogP contribution in [0.4, 0.5) is 0 Å². The van der Waals surface area contributed by atoms with E-state index in [0.29, 0.717) is 19.4 Å². The summed E-state index contributed by atoms with van der Waals surface area (Å²) in [5.41, 5.74) is 1.17. The summed E-state index contributed by atoms with van der Waals surface area (Å²) in [6.07, 6.45) is 2.69. The Balaban J connectivity index is 1.83. The Labute approximate surface area is 101 Å². The number of hydrogen-bond acceptors (Lipinski definition) is 2. The summed E-state index contributed by atoms with van der Waals surface area (Å²) in [5.74, 6) is 0.284. The lowest BCUT2D eigenvalue weighted by atomic mass is 10.1. The highest BCUT2D eigenvalue weighted by Crippen LogP contribution is 2.09. The first kappa shape index (κ1) is 11.8. The lowest BCUT2D eigenvalue weighted by molar-refractivity contribution is -0.137. The number of hydrogen-bond donors (Lipinski definition) is 0. The van der Waals surface area contributed by atoms with E-state index in [-0.39, 0.29) is 11.7 Å². The van der Waals surface area contributed by atoms with Gasteiger partial charge in [0.1, 0.15) is 0 Å². The van der Waals surface area contributed by atoms with Crippen molar-refractivity contribution in [2.24, 2.45) is 0 Å². The second-order valence-electron chi connectivity index (χ2n) is 4.44. The van der Waals surface area contributed by atoms with Crippen molar-refractivity contribution in [3.63, 3.8) is 0 Å². The van der Waals surface area contributed by atoms with Crippen LogP contribution in [0.1, 0.15) is 24.8 Å². The van der Waals surface area contributed by atoms with Crippen molar-refractivity contribution in [1.82, 2.24) is 4.90 Å². The van der Waals surface area contributed by atoms with Gasteiger partial charge in [-0.3, -0.25) is 9.59 Å². The fourth-order valence-electron chi connectivity index (χ4n) is 2.11. The van der Waals surface area contributed by atoms with Crippen LogP contribution in [0.15, 0.2) is 30.3 Å². The van der Waals surface area contributed by atoms with Crippen molar-refractivity contribution in [1.29, 1.82) is 0 Å². The van der Waals surface area contributed by atoms with Crippen LogP contribution in [0.5, 0.6) is 0 Å². The molecule has 0 spiro atoms. The van der Waals surface area contributed by atoms with E-state index < -0.39 is 0 Å². The number of benzene rings is 1. The molecule has 3 heteroatoms. The van der Waals surface area contributed by atoms with E-state index in [2.05, 4.69) is 0 Å². The molecule has 0 aromatic heterocycles. The summed E-state index contributed by atoms with van der Waals surface area (Å²) in [7, 11) is 0. The number of carbonyl (C=O) groups is 2. The molecule has 0 radical (unpaired) electrons. The molecule has 1 fully saturated rings. The third-order valence-corrected chi connectivity index (χ3v) is 3.07. The van der Waals surface area contributed by atoms with Gasteiger partial charge >= 0.3 is 0 Å². The van der Waals surface area contributed by atoms with Gasteiger partial charge < -0.3 is 4.90 Å². The highest BCUT2D eigenvalue weighted by atomic mass is 16.2. The van der Waals surface area contributed by atoms with Gasteiger partial charge in [0.2, 0.25) is 5.91 Å². The number of rotatable bonds is 3. The molecule has 0 aliphatic carbocycles. The van der Waals surface area contributed by atoms with E-state index in [1.54, 1.807) is 4.90 Å². The third kappa shape index (κ3) is 3.41. The maximum Gasteiger partial charge on any atom is 0.223 e. The normalized spacial score (nSPS) is 16.0. The predicted octanol–water partition coefficient (Wildman–Crippen LogP) is 1.81. The number of aryl methyl sites for hydroxylation is 1. The van der Waals surface area contributed by atoms with Crippen molar-refractivity contribution >= 4 is 11.7 Å². The second kappa shape index (κ2) is 5.62. The number of nitrogens with zero attached hydrogens (tertiary/aromatic N) is 1. The van der Waals surface area contributed by atoms with Gasteiger partial charge in [0.05, 0.1) is 6.54 Å². The first-order valence-corrected chi connectivity index (χ1v) is 6.09. The van der Waals surface area contributed by atoms with Crippen LogP contribution in [-0.2, 0) is 16.0 Å². The zero-order valence-electron chi connectivity index (χ0n) is 9.89. The molecule has 1 aliphatic rings. The Kier molecular flexibility index (Phi) is 3.91. The van der Waals surface area contributed by atoms with Crippen molar-refractivity contribution in [2.45, 2.75) is 25.7 Å². The average Bonchev–Trinajstić information content (AvgIpc) is 2.37. The molecule has 3 nitrogen and oxygen atoms in total. The van der Waals surface area contributed by atoms with Gasteiger partial charge in [-0.05, 0) is 18.4 Å². The molecule has 1 aromatic rings. The average molecular weight is 231 g/mol. The highest BCUT2D eigenvalue weighted by molar-refractivity contribution is 5.87. The van der Waals surface area contributed by atoms with Crippen LogP contribution in [0, 0.1) is 0 Å². The van der Waals surface area contributed by atoms with Crippen LogP contribution >= 0.6 is 0 Å². The fourth-order valence-corrected chi connectivity index (χ4v) is 2.11. The van der Waals surface area contributed by atoms with Gasteiger partial charge in [0.25, 0.3) is 0 Å². The van der Waals surface area contributed by atoms with E-state index >= 15 is 0 Å². The Bertz CT molecular complexity index is 400. The lowest BCUT2D eigenvalue weighted by Gasteiger charge is -2.25. The van der Waals surface area contributed by atoms with Gasteiger partial charge in [0, 0.05) is 19.4 Å². The molecule has 0 N–H and O–H groups in total. The van der Waals surface area contributed by atoms with Crippen molar-refractivity contribution in [2.75, 3.05) is 13.1 Å². The zero-order valence-corrected chi connectivity index (χ0v) is 9.89. The molecular weight excluding hydrogens is 214 g/mol. The quantitative estimate of drug-likeness (QED) is 0.795. The number of likely N-dealkylation sites (tertiary alicyclic amines) is 1. The SMILES string of the molecule is O=C1CCCN(C(=O)CCc2ccccc2)C1. The number of piperidine rings is 1. The minimum absolute atomic E-state index is 0.0990. The molecule has 0 saturated carbocycles. The van der Waals surface area contributed by atoms with Gasteiger partial charge in [-0.1, -0.05) is 30.3 Å². The summed E-state index contributed by atoms with van der Waals surface area (Å²) in [6, 6.07) is 9.96. The minimum Gasteiger partial charge on any atom is -0.335 e. The molecule has 1 amide bonds. The van der Waals surface area contributed by atoms with Gasteiger partial charge in [0.15, 0.2) is 5.78 Å². The summed E-state index contributed by atoms with van der Waals surface area (Å²) in [4.78, 5) is 24.8. The molecular formula is C14H17NO2. The molecule has 1 aromatic carbocycles. The summed E-state index contributed by atoms with van der Waals surface area (Å²) < 4.78 is 0. The van der Waals surface area contributed by atoms with Crippen LogP contribution in [-0.4, -0.2) is 29.7 Å². The van der Waals surface area contributed by atoms with Gasteiger partial charge in [-0.15, -0.1) is 0 Å². The number of Topliss-reactive ketones (excluding diaryl/α,β-unsaturated/α-hetero) is 1. The highest BCUT2D eigenvalue weighted by Gasteiger charge is 2.20. The topological polar surface area (TPSA) is 37.4 Å². The van der Waals surface area contributed by atoms with Crippen molar-refractivity contribution < 1.29 is 9.59 Å². The molecule has 0 unspecified atom stereocenters. The predicted molar refractivity (Wildman–Crippen MR) is 65.6 cm³/mol. The summed E-state index contributed by atoms with van der Waals surface area (Å²) in [5, 5.41) is 0. The first-order chi connectivity index (χ1) is 8.25. The van der Waals surface area contributed by atoms with Crippen LogP contribution in [0.2, 0.25) is 0 Å². The van der Waals surface area contributed by atoms with Gasteiger partial charge in [-0.25, -0.2) is 0 Å². The van der Waals surface area contributed by atoms with E-state index in [1.807, 2.05) is 30.3 Å². The maximum absolute atomic E-state index is 11.9. The van der Waals surface area contributed by atoms with Crippen LogP contribution in [0.3, 0.4) is 0 Å². The smallest absolute Gasteiger partial charge is 0.223 e. The van der Waals surface area contributed by atoms with Crippen molar-refractivity contribution in [3.8, 4) is 0 Å². The minimum atomic E-state index is 0.0990. The monoisotopic (exact) mass is 231 g/mol. The second-order valence-corrected chi connectivity index (χ2v) is 4.44. The molecule has 1 heterocycles. The maximum atomic E-state index is 11.9. The largest absolute Gasteiger partial charge is 0.335 e. The van der Waals surface area contributed by atoms with Crippen molar-refractivity contribution in [3.05, 3.63) is 35.9 Å². The molecule has 17 heavy (non-hydrogen) atoms. The van der Waals surface area contributed by atoms with Crippen LogP contribution < -0.4 is 0 Å². The van der Waals surface area contributed by atoms with Gasteiger partial charge in [-0.2, -0.15) is 0 Å². The Morgan fingerprint density at radius 3 is 2.71 bits per heavy atom. The number of carbonyl (C=O) groups excluding carboxylic acids is 2. The Hall–Kier alpha value is -1.64. The standard InChI is InChI=1S/C14H17NO2/c16-13-7-4-10-15(11-13)14(17)9-8-12-5-2-1-3-6-12/h1-3,5-6H,4,7-11H2. The molecule has 0 bridgehead atoms. The molecule has 0 atom stereocenters. The molecule has 1 aliphatic heterocycles. The Morgan fingerprint density at radius 2 is 2.00 bits per heavy atom. The van der Waals surface area contributed by atoms with Crippen LogP contribution in [0.25, 0.3) is 0 Å². The van der Waals surface area contributed by atoms with E-state index in [1.165, 1.54) is 5.56 Å². The first-order valence-electron chi connectivity index (χ1n) is 6.09. The summed E-state index contributed by atoms with van der Waals surface area (Å²) in [6.45, 7) is 1.05. The third-order valence-electron chi connectivity index (χ3n) is 3.07. The Morgan fingerprint density at radius 1 is 1.24 bits per heavy atom. The number of amides is 1. The summed E-state index contributed by atoms with van der Waals surface area (Å²) >= 11 is 0.